The van der Waals surface area contributed by atoms with Crippen LogP contribution in [0.3, 0.4) is 0 Å². The molecule has 0 atom stereocenters. The van der Waals surface area contributed by atoms with E-state index in [1.165, 1.54) is 5.69 Å². The molecule has 1 aromatic rings. The van der Waals surface area contributed by atoms with E-state index < -0.39 is 0 Å². The van der Waals surface area contributed by atoms with E-state index in [9.17, 15) is 0 Å². The van der Waals surface area contributed by atoms with Crippen LogP contribution in [0.1, 0.15) is 31.7 Å². The maximum absolute atomic E-state index is 7.36. The highest BCUT2D eigenvalue weighted by atomic mass is 79.9. The maximum Gasteiger partial charge on any atom is 0.0918 e. The van der Waals surface area contributed by atoms with Crippen LogP contribution in [0.5, 0.6) is 0 Å². The third-order valence-corrected chi connectivity index (χ3v) is 3.99. The Bertz CT molecular complexity index is 438. The molecule has 0 saturated heterocycles. The molecule has 0 aliphatic heterocycles. The fourth-order valence-corrected chi connectivity index (χ4v) is 2.55. The Morgan fingerprint density at radius 3 is 2.58 bits per heavy atom. The third kappa shape index (κ3) is 4.95. The van der Waals surface area contributed by atoms with Crippen molar-refractivity contribution in [2.24, 2.45) is 18.7 Å². The molecule has 0 bridgehead atoms. The Morgan fingerprint density at radius 2 is 2.16 bits per heavy atom. The summed E-state index contributed by atoms with van der Waals surface area (Å²) < 4.78 is 2.99. The van der Waals surface area contributed by atoms with Crippen molar-refractivity contribution in [3.8, 4) is 0 Å². The summed E-state index contributed by atoms with van der Waals surface area (Å²) in [5, 5.41) is 11.8. The largest absolute Gasteiger partial charge is 0.388 e. The number of nitrogens with one attached hydrogen (secondary N) is 1. The monoisotopic (exact) mass is 329 g/mol. The van der Waals surface area contributed by atoms with Crippen molar-refractivity contribution < 1.29 is 0 Å². The van der Waals surface area contributed by atoms with Crippen molar-refractivity contribution in [3.63, 3.8) is 0 Å². The maximum atomic E-state index is 7.36. The molecule has 0 saturated carbocycles. The minimum atomic E-state index is 0.244. The molecule has 1 heterocycles. The van der Waals surface area contributed by atoms with Crippen molar-refractivity contribution in [2.75, 3.05) is 13.1 Å². The van der Waals surface area contributed by atoms with E-state index in [-0.39, 0.29) is 5.84 Å². The highest BCUT2D eigenvalue weighted by molar-refractivity contribution is 9.10. The van der Waals surface area contributed by atoms with Crippen molar-refractivity contribution in [3.05, 3.63) is 15.9 Å². The molecule has 5 nitrogen and oxygen atoms in total. The lowest BCUT2D eigenvalue weighted by Crippen LogP contribution is -2.31. The van der Waals surface area contributed by atoms with Gasteiger partial charge in [0, 0.05) is 33.1 Å². The minimum Gasteiger partial charge on any atom is -0.388 e. The first-order chi connectivity index (χ1) is 8.81. The SMILES string of the molecule is Cc1nn(C)c(CN(CCC(=N)N)CC(C)C)c1Br. The van der Waals surface area contributed by atoms with E-state index in [1.54, 1.807) is 0 Å². The van der Waals surface area contributed by atoms with Gasteiger partial charge in [-0.05, 0) is 28.8 Å². The van der Waals surface area contributed by atoms with Gasteiger partial charge < -0.3 is 5.73 Å². The van der Waals surface area contributed by atoms with Gasteiger partial charge in [0.15, 0.2) is 0 Å². The zero-order chi connectivity index (χ0) is 14.6. The summed E-state index contributed by atoms with van der Waals surface area (Å²) in [6.45, 7) is 9.02. The van der Waals surface area contributed by atoms with Crippen LogP contribution in [0.2, 0.25) is 0 Å². The molecule has 0 radical (unpaired) electrons. The molecule has 6 heteroatoms. The molecule has 1 rings (SSSR count). The highest BCUT2D eigenvalue weighted by Crippen LogP contribution is 2.22. The van der Waals surface area contributed by atoms with E-state index in [1.807, 2.05) is 18.7 Å². The minimum absolute atomic E-state index is 0.244. The Kier molecular flexibility index (Phi) is 6.00. The summed E-state index contributed by atoms with van der Waals surface area (Å²) in [5.41, 5.74) is 7.63. The molecule has 19 heavy (non-hydrogen) atoms. The molecule has 3 N–H and O–H groups in total. The summed E-state index contributed by atoms with van der Waals surface area (Å²) in [6.07, 6.45) is 0.612. The number of hydrogen-bond donors (Lipinski definition) is 2. The van der Waals surface area contributed by atoms with Gasteiger partial charge in [0.25, 0.3) is 0 Å². The van der Waals surface area contributed by atoms with Crippen LogP contribution in [-0.4, -0.2) is 33.6 Å². The molecule has 0 fully saturated rings. The number of nitrogens with zero attached hydrogens (tertiary/aromatic N) is 3. The second-order valence-electron chi connectivity index (χ2n) is 5.37. The Balaban J connectivity index is 2.78. The average Bonchev–Trinajstić information content (AvgIpc) is 2.52. The van der Waals surface area contributed by atoms with Crippen molar-refractivity contribution in [2.45, 2.75) is 33.7 Å². The van der Waals surface area contributed by atoms with E-state index in [4.69, 9.17) is 11.1 Å². The van der Waals surface area contributed by atoms with Crippen LogP contribution in [0, 0.1) is 18.3 Å². The molecule has 108 valence electrons. The normalized spacial score (nSPS) is 11.5. The topological polar surface area (TPSA) is 70.9 Å². The van der Waals surface area contributed by atoms with E-state index in [2.05, 4.69) is 39.8 Å². The number of nitrogens with two attached hydrogens (primary N) is 1. The Morgan fingerprint density at radius 1 is 1.53 bits per heavy atom. The first kappa shape index (κ1) is 16.2. The summed E-state index contributed by atoms with van der Waals surface area (Å²) >= 11 is 3.60. The van der Waals surface area contributed by atoms with Gasteiger partial charge in [0.05, 0.1) is 21.7 Å². The van der Waals surface area contributed by atoms with Crippen LogP contribution in [0.25, 0.3) is 0 Å². The molecular formula is C13H24BrN5. The number of aryl methyl sites for hydroxylation is 2. The lowest BCUT2D eigenvalue weighted by atomic mass is 10.2. The van der Waals surface area contributed by atoms with Crippen LogP contribution in [0.15, 0.2) is 4.47 Å². The van der Waals surface area contributed by atoms with Crippen molar-refractivity contribution >= 4 is 21.8 Å². The predicted molar refractivity (Wildman–Crippen MR) is 82.3 cm³/mol. The second kappa shape index (κ2) is 7.05. The van der Waals surface area contributed by atoms with E-state index in [0.29, 0.717) is 12.3 Å². The summed E-state index contributed by atoms with van der Waals surface area (Å²) in [6, 6.07) is 0. The molecule has 0 aliphatic carbocycles. The number of amidine groups is 1. The van der Waals surface area contributed by atoms with Crippen LogP contribution in [-0.2, 0) is 13.6 Å². The van der Waals surface area contributed by atoms with Gasteiger partial charge >= 0.3 is 0 Å². The van der Waals surface area contributed by atoms with E-state index in [0.717, 1.165) is 29.8 Å². The second-order valence-corrected chi connectivity index (χ2v) is 6.17. The smallest absolute Gasteiger partial charge is 0.0918 e. The van der Waals surface area contributed by atoms with E-state index >= 15 is 0 Å². The van der Waals surface area contributed by atoms with Crippen LogP contribution < -0.4 is 5.73 Å². The van der Waals surface area contributed by atoms with Crippen molar-refractivity contribution in [1.82, 2.24) is 14.7 Å². The summed E-state index contributed by atoms with van der Waals surface area (Å²) in [5.74, 6) is 0.828. The van der Waals surface area contributed by atoms with Crippen LogP contribution >= 0.6 is 15.9 Å². The van der Waals surface area contributed by atoms with Crippen LogP contribution in [0.4, 0.5) is 0 Å². The fraction of sp³-hybridized carbons (Fsp3) is 0.692. The molecular weight excluding hydrogens is 306 g/mol. The number of hydrogen-bond acceptors (Lipinski definition) is 3. The predicted octanol–water partition coefficient (Wildman–Crippen LogP) is 2.28. The van der Waals surface area contributed by atoms with Gasteiger partial charge in [-0.3, -0.25) is 15.0 Å². The summed E-state index contributed by atoms with van der Waals surface area (Å²) in [4.78, 5) is 2.33. The lowest BCUT2D eigenvalue weighted by Gasteiger charge is -2.24. The molecule has 0 aliphatic rings. The zero-order valence-corrected chi connectivity index (χ0v) is 13.8. The van der Waals surface area contributed by atoms with Gasteiger partial charge in [-0.15, -0.1) is 0 Å². The quantitative estimate of drug-likeness (QED) is 0.595. The molecule has 0 spiro atoms. The average molecular weight is 330 g/mol. The van der Waals surface area contributed by atoms with Gasteiger partial charge in [-0.1, -0.05) is 13.8 Å². The van der Waals surface area contributed by atoms with Gasteiger partial charge in [0.2, 0.25) is 0 Å². The van der Waals surface area contributed by atoms with Crippen molar-refractivity contribution in [1.29, 1.82) is 5.41 Å². The molecule has 0 aromatic carbocycles. The lowest BCUT2D eigenvalue weighted by molar-refractivity contribution is 0.236. The number of aromatic nitrogens is 2. The zero-order valence-electron chi connectivity index (χ0n) is 12.2. The number of rotatable bonds is 7. The first-order valence-electron chi connectivity index (χ1n) is 6.54. The molecule has 0 amide bonds. The van der Waals surface area contributed by atoms with Gasteiger partial charge in [-0.2, -0.15) is 5.10 Å². The Labute approximate surface area is 123 Å². The summed E-state index contributed by atoms with van der Waals surface area (Å²) in [7, 11) is 1.96. The molecule has 0 unspecified atom stereocenters. The molecule has 1 aromatic heterocycles. The van der Waals surface area contributed by atoms with Gasteiger partial charge in [-0.25, -0.2) is 0 Å². The highest BCUT2D eigenvalue weighted by Gasteiger charge is 2.15. The standard InChI is InChI=1S/C13H24BrN5/c1-9(2)7-19(6-5-12(15)16)8-11-13(14)10(3)17-18(11)4/h9H,5-8H2,1-4H3,(H3,15,16). The third-order valence-electron chi connectivity index (χ3n) is 2.96. The Hall–Kier alpha value is -0.880. The fourth-order valence-electron chi connectivity index (χ4n) is 2.09. The van der Waals surface area contributed by atoms with Gasteiger partial charge in [0.1, 0.15) is 0 Å². The first-order valence-corrected chi connectivity index (χ1v) is 7.33. The number of halogens is 1.